The van der Waals surface area contributed by atoms with E-state index in [1.165, 1.54) is 25.7 Å². The molecule has 2 aliphatic rings. The van der Waals surface area contributed by atoms with E-state index in [-0.39, 0.29) is 0 Å². The summed E-state index contributed by atoms with van der Waals surface area (Å²) in [6, 6.07) is 0.579. The van der Waals surface area contributed by atoms with Crippen molar-refractivity contribution < 1.29 is 4.79 Å². The first kappa shape index (κ1) is 14.8. The van der Waals surface area contributed by atoms with Crippen molar-refractivity contribution in [3.63, 3.8) is 0 Å². The van der Waals surface area contributed by atoms with Crippen molar-refractivity contribution in [3.8, 4) is 0 Å². The lowest BCUT2D eigenvalue weighted by atomic mass is 9.75. The van der Waals surface area contributed by atoms with Gasteiger partial charge >= 0.3 is 0 Å². The second-order valence-corrected chi connectivity index (χ2v) is 6.96. The van der Waals surface area contributed by atoms with Crippen LogP contribution in [0.25, 0.3) is 0 Å². The molecule has 0 radical (unpaired) electrons. The summed E-state index contributed by atoms with van der Waals surface area (Å²) in [7, 11) is 2.12. The van der Waals surface area contributed by atoms with Crippen LogP contribution in [0, 0.1) is 5.41 Å². The van der Waals surface area contributed by atoms with E-state index in [1.807, 2.05) is 4.90 Å². The van der Waals surface area contributed by atoms with Gasteiger partial charge in [-0.3, -0.25) is 9.69 Å². The van der Waals surface area contributed by atoms with Gasteiger partial charge in [0, 0.05) is 32.2 Å². The van der Waals surface area contributed by atoms with Crippen LogP contribution in [0.4, 0.5) is 0 Å². The summed E-state index contributed by atoms with van der Waals surface area (Å²) >= 11 is 0. The zero-order chi connectivity index (χ0) is 13.9. The second-order valence-electron chi connectivity index (χ2n) is 6.96. The number of piperazine rings is 1. The van der Waals surface area contributed by atoms with Crippen molar-refractivity contribution in [1.29, 1.82) is 0 Å². The van der Waals surface area contributed by atoms with Gasteiger partial charge in [-0.05, 0) is 31.7 Å². The molecule has 0 aromatic rings. The predicted molar refractivity (Wildman–Crippen MR) is 78.1 cm³/mol. The van der Waals surface area contributed by atoms with Crippen LogP contribution in [-0.4, -0.2) is 61.5 Å². The normalized spacial score (nSPS) is 27.6. The largest absolute Gasteiger partial charge is 0.339 e. The summed E-state index contributed by atoms with van der Waals surface area (Å²) in [5, 5.41) is 3.29. The number of hydrogen-bond donors (Lipinski definition) is 1. The number of amides is 1. The van der Waals surface area contributed by atoms with Gasteiger partial charge in [-0.15, -0.1) is 0 Å². The minimum absolute atomic E-state index is 0.298. The molecule has 1 heterocycles. The molecule has 1 saturated carbocycles. The Morgan fingerprint density at radius 3 is 2.68 bits per heavy atom. The van der Waals surface area contributed by atoms with Crippen molar-refractivity contribution in [2.75, 3.05) is 39.8 Å². The number of rotatable bonds is 3. The topological polar surface area (TPSA) is 35.6 Å². The molecule has 0 bridgehead atoms. The van der Waals surface area contributed by atoms with Crippen LogP contribution >= 0.6 is 0 Å². The molecule has 0 aromatic carbocycles. The van der Waals surface area contributed by atoms with E-state index in [4.69, 9.17) is 0 Å². The highest BCUT2D eigenvalue weighted by Crippen LogP contribution is 2.36. The van der Waals surface area contributed by atoms with Gasteiger partial charge in [0.25, 0.3) is 0 Å². The van der Waals surface area contributed by atoms with Crippen LogP contribution in [0.2, 0.25) is 0 Å². The fourth-order valence-corrected chi connectivity index (χ4v) is 3.39. The minimum Gasteiger partial charge on any atom is -0.339 e. The molecule has 0 aromatic heterocycles. The highest BCUT2D eigenvalue weighted by Gasteiger charge is 2.31. The van der Waals surface area contributed by atoms with Gasteiger partial charge in [0.1, 0.15) is 0 Å². The Morgan fingerprint density at radius 2 is 2.05 bits per heavy atom. The number of carbonyl (C=O) groups is 1. The van der Waals surface area contributed by atoms with Crippen molar-refractivity contribution in [2.24, 2.45) is 5.41 Å². The van der Waals surface area contributed by atoms with Gasteiger partial charge in [0.2, 0.25) is 5.91 Å². The van der Waals surface area contributed by atoms with Crippen LogP contribution in [0.5, 0.6) is 0 Å². The Morgan fingerprint density at radius 1 is 1.37 bits per heavy atom. The lowest BCUT2D eigenvalue weighted by Crippen LogP contribution is -2.51. The quantitative estimate of drug-likeness (QED) is 0.838. The molecule has 2 rings (SSSR count). The van der Waals surface area contributed by atoms with Crippen LogP contribution in [0.15, 0.2) is 0 Å². The molecule has 4 nitrogen and oxygen atoms in total. The Kier molecular flexibility index (Phi) is 4.85. The summed E-state index contributed by atoms with van der Waals surface area (Å²) in [5.41, 5.74) is 0.440. The summed E-state index contributed by atoms with van der Waals surface area (Å²) < 4.78 is 0. The first-order valence-corrected chi connectivity index (χ1v) is 7.67. The number of hydrogen-bond acceptors (Lipinski definition) is 3. The molecule has 110 valence electrons. The average molecular weight is 267 g/mol. The summed E-state index contributed by atoms with van der Waals surface area (Å²) in [6.45, 7) is 8.89. The average Bonchev–Trinajstić information content (AvgIpc) is 2.38. The van der Waals surface area contributed by atoms with Crippen molar-refractivity contribution >= 4 is 5.91 Å². The Bertz CT molecular complexity index is 311. The lowest BCUT2D eigenvalue weighted by Gasteiger charge is -2.40. The van der Waals surface area contributed by atoms with Crippen LogP contribution in [0.3, 0.4) is 0 Å². The molecule has 1 aliphatic heterocycles. The van der Waals surface area contributed by atoms with E-state index in [0.29, 0.717) is 23.9 Å². The van der Waals surface area contributed by atoms with E-state index in [1.54, 1.807) is 0 Å². The molecule has 1 aliphatic carbocycles. The van der Waals surface area contributed by atoms with Crippen LogP contribution in [-0.2, 0) is 4.79 Å². The third-order valence-electron chi connectivity index (χ3n) is 4.66. The lowest BCUT2D eigenvalue weighted by molar-refractivity contribution is -0.133. The maximum absolute atomic E-state index is 12.3. The van der Waals surface area contributed by atoms with E-state index in [0.717, 1.165) is 26.2 Å². The Balaban J connectivity index is 1.82. The number of nitrogens with zero attached hydrogens (tertiary/aromatic N) is 2. The van der Waals surface area contributed by atoms with Crippen molar-refractivity contribution in [1.82, 2.24) is 15.1 Å². The van der Waals surface area contributed by atoms with Crippen LogP contribution < -0.4 is 5.32 Å². The van der Waals surface area contributed by atoms with Crippen molar-refractivity contribution in [2.45, 2.75) is 45.6 Å². The van der Waals surface area contributed by atoms with Gasteiger partial charge in [-0.1, -0.05) is 20.3 Å². The SMILES string of the molecule is CN(CC(=O)N1CCNCC1)C1CCCC(C)(C)C1. The van der Waals surface area contributed by atoms with Gasteiger partial charge < -0.3 is 10.2 Å². The van der Waals surface area contributed by atoms with E-state index in [2.05, 4.69) is 31.1 Å². The maximum atomic E-state index is 12.3. The van der Waals surface area contributed by atoms with Gasteiger partial charge in [-0.2, -0.15) is 0 Å². The highest BCUT2D eigenvalue weighted by molar-refractivity contribution is 5.78. The molecule has 1 N–H and O–H groups in total. The van der Waals surface area contributed by atoms with Gasteiger partial charge in [0.15, 0.2) is 0 Å². The fraction of sp³-hybridized carbons (Fsp3) is 0.933. The summed E-state index contributed by atoms with van der Waals surface area (Å²) in [5.74, 6) is 0.298. The standard InChI is InChI=1S/C15H29N3O/c1-15(2)6-4-5-13(11-15)17(3)12-14(19)18-9-7-16-8-10-18/h13,16H,4-12H2,1-3H3. The molecular weight excluding hydrogens is 238 g/mol. The third kappa shape index (κ3) is 4.18. The van der Waals surface area contributed by atoms with Gasteiger partial charge in [-0.25, -0.2) is 0 Å². The molecule has 1 saturated heterocycles. The van der Waals surface area contributed by atoms with Gasteiger partial charge in [0.05, 0.1) is 6.54 Å². The predicted octanol–water partition coefficient (Wildman–Crippen LogP) is 1.32. The zero-order valence-electron chi connectivity index (χ0n) is 12.7. The van der Waals surface area contributed by atoms with E-state index >= 15 is 0 Å². The molecule has 1 atom stereocenters. The zero-order valence-corrected chi connectivity index (χ0v) is 12.7. The van der Waals surface area contributed by atoms with E-state index < -0.39 is 0 Å². The monoisotopic (exact) mass is 267 g/mol. The molecule has 1 unspecified atom stereocenters. The maximum Gasteiger partial charge on any atom is 0.236 e. The summed E-state index contributed by atoms with van der Waals surface area (Å²) in [6.07, 6.45) is 5.08. The number of likely N-dealkylation sites (N-methyl/N-ethyl adjacent to an activating group) is 1. The third-order valence-corrected chi connectivity index (χ3v) is 4.66. The first-order chi connectivity index (χ1) is 8.98. The molecular formula is C15H29N3O. The second kappa shape index (κ2) is 6.23. The fourth-order valence-electron chi connectivity index (χ4n) is 3.39. The first-order valence-electron chi connectivity index (χ1n) is 7.67. The highest BCUT2D eigenvalue weighted by atomic mass is 16.2. The molecule has 2 fully saturated rings. The number of nitrogens with one attached hydrogen (secondary N) is 1. The molecule has 0 spiro atoms. The molecule has 4 heteroatoms. The Labute approximate surface area is 117 Å². The molecule has 19 heavy (non-hydrogen) atoms. The van der Waals surface area contributed by atoms with E-state index in [9.17, 15) is 4.79 Å². The van der Waals surface area contributed by atoms with Crippen LogP contribution in [0.1, 0.15) is 39.5 Å². The summed E-state index contributed by atoms with van der Waals surface area (Å²) in [4.78, 5) is 16.6. The Hall–Kier alpha value is -0.610. The van der Waals surface area contributed by atoms with Crippen molar-refractivity contribution in [3.05, 3.63) is 0 Å². The smallest absolute Gasteiger partial charge is 0.236 e. The minimum atomic E-state index is 0.298. The molecule has 1 amide bonds. The number of carbonyl (C=O) groups excluding carboxylic acids is 1.